The lowest BCUT2D eigenvalue weighted by atomic mass is 10.5. The van der Waals surface area contributed by atoms with Gasteiger partial charge in [-0.25, -0.2) is 5.01 Å². The molecule has 0 aromatic carbocycles. The van der Waals surface area contributed by atoms with Crippen LogP contribution < -0.4 is 15.6 Å². The molecule has 1 saturated heterocycles. The first-order valence-electron chi connectivity index (χ1n) is 7.05. The molecular weight excluding hydrogens is 258 g/mol. The molecule has 2 heterocycles. The van der Waals surface area contributed by atoms with E-state index < -0.39 is 0 Å². The van der Waals surface area contributed by atoms with Crippen LogP contribution in [0.3, 0.4) is 0 Å². The Balaban J connectivity index is 2.16. The molecule has 0 atom stereocenters. The summed E-state index contributed by atoms with van der Waals surface area (Å²) in [6.07, 6.45) is 0. The molecular formula is C12H23N7O. The summed E-state index contributed by atoms with van der Waals surface area (Å²) in [5.41, 5.74) is 3.22. The van der Waals surface area contributed by atoms with Crippen LogP contribution in [-0.2, 0) is 4.74 Å². The third-order valence-corrected chi connectivity index (χ3v) is 3.16. The Bertz CT molecular complexity index is 418. The van der Waals surface area contributed by atoms with Crippen LogP contribution in [-0.4, -0.2) is 66.4 Å². The summed E-state index contributed by atoms with van der Waals surface area (Å²) in [6.45, 7) is 8.98. The van der Waals surface area contributed by atoms with Crippen molar-refractivity contribution in [1.82, 2.24) is 20.0 Å². The van der Waals surface area contributed by atoms with Crippen LogP contribution in [0.25, 0.3) is 0 Å². The Labute approximate surface area is 119 Å². The summed E-state index contributed by atoms with van der Waals surface area (Å²) in [5, 5.41) is 5.04. The Morgan fingerprint density at radius 2 is 1.75 bits per heavy atom. The fraction of sp³-hybridized carbons (Fsp3) is 0.750. The number of hydrazine groups is 1. The van der Waals surface area contributed by atoms with Crippen molar-refractivity contribution < 1.29 is 4.74 Å². The van der Waals surface area contributed by atoms with E-state index >= 15 is 0 Å². The van der Waals surface area contributed by atoms with Crippen LogP contribution in [0.1, 0.15) is 13.8 Å². The predicted octanol–water partition coefficient (Wildman–Crippen LogP) is 0.419. The van der Waals surface area contributed by atoms with E-state index in [9.17, 15) is 0 Å². The quantitative estimate of drug-likeness (QED) is 0.777. The first-order valence-corrected chi connectivity index (χ1v) is 7.05. The van der Waals surface area contributed by atoms with Gasteiger partial charge in [-0.15, -0.1) is 0 Å². The van der Waals surface area contributed by atoms with Gasteiger partial charge in [-0.05, 0) is 13.8 Å². The summed E-state index contributed by atoms with van der Waals surface area (Å²) >= 11 is 0. The molecule has 0 unspecified atom stereocenters. The maximum Gasteiger partial charge on any atom is 0.244 e. The van der Waals surface area contributed by atoms with Crippen LogP contribution >= 0.6 is 0 Å². The van der Waals surface area contributed by atoms with Crippen molar-refractivity contribution in [2.24, 2.45) is 0 Å². The molecule has 0 aliphatic carbocycles. The van der Waals surface area contributed by atoms with Gasteiger partial charge in [0.1, 0.15) is 0 Å². The Morgan fingerprint density at radius 1 is 1.10 bits per heavy atom. The fourth-order valence-corrected chi connectivity index (χ4v) is 1.99. The molecule has 0 saturated carbocycles. The molecule has 8 nitrogen and oxygen atoms in total. The summed E-state index contributed by atoms with van der Waals surface area (Å²) in [5.74, 6) is 1.82. The minimum absolute atomic E-state index is 0.563. The SMILES string of the molecule is CCN(CC)c1nc(NC)nc(NN2CCOCC2)n1. The van der Waals surface area contributed by atoms with Crippen LogP contribution in [0.4, 0.5) is 17.8 Å². The number of hydrogen-bond acceptors (Lipinski definition) is 8. The van der Waals surface area contributed by atoms with Crippen molar-refractivity contribution in [3.63, 3.8) is 0 Å². The molecule has 2 N–H and O–H groups in total. The predicted molar refractivity (Wildman–Crippen MR) is 78.9 cm³/mol. The van der Waals surface area contributed by atoms with Crippen molar-refractivity contribution in [3.8, 4) is 0 Å². The monoisotopic (exact) mass is 281 g/mol. The van der Waals surface area contributed by atoms with Crippen molar-refractivity contribution in [2.45, 2.75) is 13.8 Å². The zero-order valence-electron chi connectivity index (χ0n) is 12.4. The highest BCUT2D eigenvalue weighted by Gasteiger charge is 2.14. The van der Waals surface area contributed by atoms with E-state index in [-0.39, 0.29) is 0 Å². The van der Waals surface area contributed by atoms with E-state index in [0.29, 0.717) is 17.8 Å². The molecule has 1 fully saturated rings. The lowest BCUT2D eigenvalue weighted by Gasteiger charge is -2.27. The summed E-state index contributed by atoms with van der Waals surface area (Å²) in [7, 11) is 1.81. The van der Waals surface area contributed by atoms with Crippen molar-refractivity contribution in [1.29, 1.82) is 0 Å². The number of nitrogens with one attached hydrogen (secondary N) is 2. The highest BCUT2D eigenvalue weighted by atomic mass is 16.5. The Kier molecular flexibility index (Phi) is 5.31. The molecule has 1 aliphatic rings. The fourth-order valence-electron chi connectivity index (χ4n) is 1.99. The Hall–Kier alpha value is -1.67. The van der Waals surface area contributed by atoms with Crippen LogP contribution in [0.15, 0.2) is 0 Å². The van der Waals surface area contributed by atoms with Crippen LogP contribution in [0.2, 0.25) is 0 Å². The smallest absolute Gasteiger partial charge is 0.244 e. The van der Waals surface area contributed by atoms with Gasteiger partial charge in [-0.1, -0.05) is 0 Å². The molecule has 112 valence electrons. The molecule has 0 radical (unpaired) electrons. The summed E-state index contributed by atoms with van der Waals surface area (Å²) in [6, 6.07) is 0. The van der Waals surface area contributed by atoms with Gasteiger partial charge in [-0.3, -0.25) is 5.43 Å². The van der Waals surface area contributed by atoms with E-state index in [1.807, 2.05) is 0 Å². The molecule has 0 spiro atoms. The average Bonchev–Trinajstić information content (AvgIpc) is 2.49. The number of hydrogen-bond donors (Lipinski definition) is 2. The van der Waals surface area contributed by atoms with Crippen molar-refractivity contribution in [3.05, 3.63) is 0 Å². The van der Waals surface area contributed by atoms with E-state index in [0.717, 1.165) is 39.4 Å². The van der Waals surface area contributed by atoms with Crippen molar-refractivity contribution in [2.75, 3.05) is 62.1 Å². The number of aromatic nitrogens is 3. The molecule has 2 rings (SSSR count). The zero-order valence-corrected chi connectivity index (χ0v) is 12.4. The number of nitrogens with zero attached hydrogens (tertiary/aromatic N) is 5. The second-order valence-electron chi connectivity index (χ2n) is 4.42. The number of anilines is 3. The largest absolute Gasteiger partial charge is 0.379 e. The maximum absolute atomic E-state index is 5.32. The molecule has 1 aromatic heterocycles. The molecule has 20 heavy (non-hydrogen) atoms. The van der Waals surface area contributed by atoms with Gasteiger partial charge in [0.2, 0.25) is 17.8 Å². The highest BCUT2D eigenvalue weighted by molar-refractivity contribution is 5.43. The maximum atomic E-state index is 5.32. The van der Waals surface area contributed by atoms with Gasteiger partial charge >= 0.3 is 0 Å². The van der Waals surface area contributed by atoms with E-state index in [1.165, 1.54) is 0 Å². The Morgan fingerprint density at radius 3 is 2.35 bits per heavy atom. The van der Waals surface area contributed by atoms with Gasteiger partial charge in [0.15, 0.2) is 0 Å². The van der Waals surface area contributed by atoms with E-state index in [1.54, 1.807) is 7.05 Å². The third-order valence-electron chi connectivity index (χ3n) is 3.16. The minimum Gasteiger partial charge on any atom is -0.379 e. The zero-order chi connectivity index (χ0) is 14.4. The lowest BCUT2D eigenvalue weighted by Crippen LogP contribution is -2.41. The van der Waals surface area contributed by atoms with Crippen molar-refractivity contribution >= 4 is 17.8 Å². The standard InChI is InChI=1S/C12H23N7O/c1-4-18(5-2)12-15-10(13-3)14-11(16-12)17-19-6-8-20-9-7-19/h4-9H2,1-3H3,(H2,13,14,15,16,17). The first-order chi connectivity index (χ1) is 9.76. The van der Waals surface area contributed by atoms with Gasteiger partial charge in [-0.2, -0.15) is 15.0 Å². The third kappa shape index (κ3) is 3.67. The topological polar surface area (TPSA) is 78.4 Å². The second-order valence-corrected chi connectivity index (χ2v) is 4.42. The molecule has 0 bridgehead atoms. The lowest BCUT2D eigenvalue weighted by molar-refractivity contribution is 0.0492. The number of ether oxygens (including phenoxy) is 1. The number of rotatable bonds is 6. The van der Waals surface area contributed by atoms with E-state index in [2.05, 4.69) is 49.5 Å². The highest BCUT2D eigenvalue weighted by Crippen LogP contribution is 2.14. The molecule has 1 aliphatic heterocycles. The average molecular weight is 281 g/mol. The second kappa shape index (κ2) is 7.20. The number of morpholine rings is 1. The van der Waals surface area contributed by atoms with Crippen LogP contribution in [0.5, 0.6) is 0 Å². The van der Waals surface area contributed by atoms with Gasteiger partial charge in [0.05, 0.1) is 13.2 Å². The molecule has 0 amide bonds. The van der Waals surface area contributed by atoms with Gasteiger partial charge < -0.3 is 15.0 Å². The molecule has 8 heteroatoms. The minimum atomic E-state index is 0.563. The molecule has 1 aromatic rings. The van der Waals surface area contributed by atoms with Gasteiger partial charge in [0.25, 0.3) is 0 Å². The summed E-state index contributed by atoms with van der Waals surface area (Å²) in [4.78, 5) is 15.3. The summed E-state index contributed by atoms with van der Waals surface area (Å²) < 4.78 is 5.32. The van der Waals surface area contributed by atoms with Gasteiger partial charge in [0, 0.05) is 33.2 Å². The van der Waals surface area contributed by atoms with Crippen LogP contribution in [0, 0.1) is 0 Å². The first kappa shape index (κ1) is 14.7. The van der Waals surface area contributed by atoms with E-state index in [4.69, 9.17) is 4.74 Å². The normalized spacial score (nSPS) is 15.9.